The van der Waals surface area contributed by atoms with E-state index in [0.717, 1.165) is 33.4 Å². The maximum absolute atomic E-state index is 5.68. The van der Waals surface area contributed by atoms with E-state index in [0.29, 0.717) is 0 Å². The normalized spacial score (nSPS) is 12.9. The van der Waals surface area contributed by atoms with Crippen molar-refractivity contribution >= 4 is 31.9 Å². The van der Waals surface area contributed by atoms with Crippen molar-refractivity contribution in [3.05, 3.63) is 26.4 Å². The van der Waals surface area contributed by atoms with Crippen molar-refractivity contribution in [1.29, 1.82) is 0 Å². The minimum atomic E-state index is 0.0989. The van der Waals surface area contributed by atoms with E-state index in [1.807, 2.05) is 6.92 Å². The van der Waals surface area contributed by atoms with Gasteiger partial charge in [-0.1, -0.05) is 6.92 Å². The van der Waals surface area contributed by atoms with Gasteiger partial charge in [0.1, 0.15) is 4.60 Å². The first kappa shape index (κ1) is 13.1. The van der Waals surface area contributed by atoms with Gasteiger partial charge in [-0.25, -0.2) is 4.98 Å². The maximum Gasteiger partial charge on any atom is 0.120 e. The predicted octanol–water partition coefficient (Wildman–Crippen LogP) is 4.40. The third kappa shape index (κ3) is 3.54. The SMILES string of the molecule is CCCOC(C)c1cc(Br)c(Br)nc1C. The summed E-state index contributed by atoms with van der Waals surface area (Å²) < 4.78 is 7.48. The second-order valence-electron chi connectivity index (χ2n) is 3.45. The molecule has 4 heteroatoms. The van der Waals surface area contributed by atoms with Crippen LogP contribution in [0.4, 0.5) is 0 Å². The van der Waals surface area contributed by atoms with E-state index >= 15 is 0 Å². The number of rotatable bonds is 4. The first-order chi connectivity index (χ1) is 7.06. The van der Waals surface area contributed by atoms with Crippen LogP contribution in [0.5, 0.6) is 0 Å². The monoisotopic (exact) mass is 335 g/mol. The van der Waals surface area contributed by atoms with Gasteiger partial charge in [0.25, 0.3) is 0 Å². The summed E-state index contributed by atoms with van der Waals surface area (Å²) in [6.07, 6.45) is 1.14. The van der Waals surface area contributed by atoms with Crippen LogP contribution in [0.25, 0.3) is 0 Å². The predicted molar refractivity (Wildman–Crippen MR) is 69.0 cm³/mol. The summed E-state index contributed by atoms with van der Waals surface area (Å²) in [5, 5.41) is 0. The Hall–Kier alpha value is 0.0700. The average molecular weight is 337 g/mol. The van der Waals surface area contributed by atoms with Crippen molar-refractivity contribution in [1.82, 2.24) is 4.98 Å². The van der Waals surface area contributed by atoms with Gasteiger partial charge < -0.3 is 4.74 Å². The van der Waals surface area contributed by atoms with Gasteiger partial charge in [-0.3, -0.25) is 0 Å². The number of aromatic nitrogens is 1. The molecule has 1 unspecified atom stereocenters. The van der Waals surface area contributed by atoms with Crippen molar-refractivity contribution < 1.29 is 4.74 Å². The van der Waals surface area contributed by atoms with Crippen LogP contribution in [-0.2, 0) is 4.74 Å². The summed E-state index contributed by atoms with van der Waals surface area (Å²) in [5.74, 6) is 0. The molecule has 0 amide bonds. The fourth-order valence-electron chi connectivity index (χ4n) is 1.36. The molecule has 0 aliphatic heterocycles. The Morgan fingerprint density at radius 3 is 2.73 bits per heavy atom. The van der Waals surface area contributed by atoms with E-state index in [9.17, 15) is 0 Å². The van der Waals surface area contributed by atoms with Gasteiger partial charge in [-0.05, 0) is 58.2 Å². The van der Waals surface area contributed by atoms with E-state index in [4.69, 9.17) is 4.74 Å². The highest BCUT2D eigenvalue weighted by atomic mass is 79.9. The van der Waals surface area contributed by atoms with E-state index in [2.05, 4.69) is 56.8 Å². The van der Waals surface area contributed by atoms with Gasteiger partial charge in [0, 0.05) is 17.9 Å². The fourth-order valence-corrected chi connectivity index (χ4v) is 2.08. The van der Waals surface area contributed by atoms with Gasteiger partial charge in [0.05, 0.1) is 10.6 Å². The zero-order valence-corrected chi connectivity index (χ0v) is 12.4. The molecule has 15 heavy (non-hydrogen) atoms. The van der Waals surface area contributed by atoms with Crippen LogP contribution in [0, 0.1) is 6.92 Å². The molecule has 0 spiro atoms. The lowest BCUT2D eigenvalue weighted by Crippen LogP contribution is -2.04. The largest absolute Gasteiger partial charge is 0.374 e. The number of aryl methyl sites for hydroxylation is 1. The number of ether oxygens (including phenoxy) is 1. The zero-order valence-electron chi connectivity index (χ0n) is 9.18. The number of hydrogen-bond donors (Lipinski definition) is 0. The van der Waals surface area contributed by atoms with Crippen LogP contribution in [0.2, 0.25) is 0 Å². The summed E-state index contributed by atoms with van der Waals surface area (Å²) in [5.41, 5.74) is 2.15. The van der Waals surface area contributed by atoms with Gasteiger partial charge in [0.15, 0.2) is 0 Å². The molecule has 0 bridgehead atoms. The van der Waals surface area contributed by atoms with Crippen molar-refractivity contribution in [3.8, 4) is 0 Å². The van der Waals surface area contributed by atoms with Crippen LogP contribution in [0.15, 0.2) is 15.1 Å². The molecule has 0 aliphatic carbocycles. The Kier molecular flexibility index (Phi) is 5.23. The topological polar surface area (TPSA) is 22.1 Å². The lowest BCUT2D eigenvalue weighted by molar-refractivity contribution is 0.0655. The highest BCUT2D eigenvalue weighted by Gasteiger charge is 2.12. The van der Waals surface area contributed by atoms with Gasteiger partial charge >= 0.3 is 0 Å². The van der Waals surface area contributed by atoms with Crippen LogP contribution < -0.4 is 0 Å². The van der Waals surface area contributed by atoms with Crippen LogP contribution in [-0.4, -0.2) is 11.6 Å². The molecule has 1 aromatic rings. The Labute approximate surface area is 108 Å². The second-order valence-corrected chi connectivity index (χ2v) is 5.05. The van der Waals surface area contributed by atoms with E-state index in [1.165, 1.54) is 0 Å². The molecule has 84 valence electrons. The highest BCUT2D eigenvalue weighted by molar-refractivity contribution is 9.13. The minimum Gasteiger partial charge on any atom is -0.374 e. The van der Waals surface area contributed by atoms with E-state index in [-0.39, 0.29) is 6.10 Å². The molecule has 0 saturated heterocycles. The van der Waals surface area contributed by atoms with Gasteiger partial charge in [0.2, 0.25) is 0 Å². The zero-order chi connectivity index (χ0) is 11.4. The quantitative estimate of drug-likeness (QED) is 0.760. The molecular weight excluding hydrogens is 322 g/mol. The summed E-state index contributed by atoms with van der Waals surface area (Å²) in [7, 11) is 0. The van der Waals surface area contributed by atoms with Crippen LogP contribution in [0.3, 0.4) is 0 Å². The standard InChI is InChI=1S/C11H15Br2NO/c1-4-5-15-8(3)9-6-10(12)11(13)14-7(9)2/h6,8H,4-5H2,1-3H3. The Morgan fingerprint density at radius 1 is 1.47 bits per heavy atom. The molecule has 1 heterocycles. The summed E-state index contributed by atoms with van der Waals surface area (Å²) in [6, 6.07) is 2.06. The molecule has 1 aromatic heterocycles. The molecule has 1 atom stereocenters. The summed E-state index contributed by atoms with van der Waals surface area (Å²) in [6.45, 7) is 6.95. The first-order valence-electron chi connectivity index (χ1n) is 5.00. The molecule has 1 rings (SSSR count). The molecule has 0 aliphatic rings. The molecule has 2 nitrogen and oxygen atoms in total. The summed E-state index contributed by atoms with van der Waals surface area (Å²) in [4.78, 5) is 4.39. The van der Waals surface area contributed by atoms with Gasteiger partial charge in [-0.15, -0.1) is 0 Å². The molecule has 0 N–H and O–H groups in total. The first-order valence-corrected chi connectivity index (χ1v) is 6.59. The van der Waals surface area contributed by atoms with Crippen molar-refractivity contribution in [2.45, 2.75) is 33.3 Å². The minimum absolute atomic E-state index is 0.0989. The van der Waals surface area contributed by atoms with Crippen molar-refractivity contribution in [3.63, 3.8) is 0 Å². The maximum atomic E-state index is 5.68. The third-order valence-corrected chi connectivity index (χ3v) is 3.91. The van der Waals surface area contributed by atoms with E-state index in [1.54, 1.807) is 0 Å². The van der Waals surface area contributed by atoms with Crippen molar-refractivity contribution in [2.24, 2.45) is 0 Å². The van der Waals surface area contributed by atoms with Crippen molar-refractivity contribution in [2.75, 3.05) is 6.61 Å². The fraction of sp³-hybridized carbons (Fsp3) is 0.545. The highest BCUT2D eigenvalue weighted by Crippen LogP contribution is 2.28. The number of hydrogen-bond acceptors (Lipinski definition) is 2. The van der Waals surface area contributed by atoms with E-state index < -0.39 is 0 Å². The van der Waals surface area contributed by atoms with Crippen LogP contribution >= 0.6 is 31.9 Å². The number of halogens is 2. The molecule has 0 fully saturated rings. The Morgan fingerprint density at radius 2 is 2.13 bits per heavy atom. The third-order valence-electron chi connectivity index (χ3n) is 2.17. The molecule has 0 aromatic carbocycles. The average Bonchev–Trinajstić information content (AvgIpc) is 2.20. The second kappa shape index (κ2) is 5.97. The molecule has 0 radical (unpaired) electrons. The molecule has 0 saturated carbocycles. The molecular formula is C11H15Br2NO. The Balaban J connectivity index is 2.88. The Bertz CT molecular complexity index is 342. The smallest absolute Gasteiger partial charge is 0.120 e. The lowest BCUT2D eigenvalue weighted by atomic mass is 10.1. The summed E-state index contributed by atoms with van der Waals surface area (Å²) >= 11 is 6.83. The van der Waals surface area contributed by atoms with Gasteiger partial charge in [-0.2, -0.15) is 0 Å². The lowest BCUT2D eigenvalue weighted by Gasteiger charge is -2.15. The number of pyridine rings is 1. The van der Waals surface area contributed by atoms with Crippen LogP contribution in [0.1, 0.15) is 37.6 Å². The number of nitrogens with zero attached hydrogens (tertiary/aromatic N) is 1.